The van der Waals surface area contributed by atoms with Crippen LogP contribution < -0.4 is 10.1 Å². The maximum atomic E-state index is 12.5. The minimum absolute atomic E-state index is 0.266. The number of nitrogens with one attached hydrogen (secondary N) is 1. The van der Waals surface area contributed by atoms with Crippen LogP contribution in [0.25, 0.3) is 10.8 Å². The van der Waals surface area contributed by atoms with E-state index in [0.717, 1.165) is 10.8 Å². The number of carbonyl (C=O) groups excluding carboxylic acids is 2. The molecule has 1 N–H and O–H groups in total. The lowest BCUT2D eigenvalue weighted by molar-refractivity contribution is -0.131. The summed E-state index contributed by atoms with van der Waals surface area (Å²) in [6.45, 7) is 1.30. The molecule has 24 heavy (non-hydrogen) atoms. The molecule has 1 amide bonds. The number of nitrogens with zero attached hydrogens (tertiary/aromatic N) is 1. The Morgan fingerprint density at radius 1 is 1.12 bits per heavy atom. The van der Waals surface area contributed by atoms with Gasteiger partial charge in [0.15, 0.2) is 0 Å². The smallest absolute Gasteiger partial charge is 0.308 e. The van der Waals surface area contributed by atoms with Gasteiger partial charge in [0, 0.05) is 24.6 Å². The first kappa shape index (κ1) is 16.0. The Morgan fingerprint density at radius 3 is 2.67 bits per heavy atom. The lowest BCUT2D eigenvalue weighted by Crippen LogP contribution is -2.14. The molecule has 0 bridgehead atoms. The zero-order valence-electron chi connectivity index (χ0n) is 12.7. The molecule has 3 aromatic rings. The number of pyridine rings is 1. The summed E-state index contributed by atoms with van der Waals surface area (Å²) in [6.07, 6.45) is 1.59. The summed E-state index contributed by atoms with van der Waals surface area (Å²) in [6, 6.07) is 13.9. The van der Waals surface area contributed by atoms with E-state index in [9.17, 15) is 9.59 Å². The molecule has 0 saturated carbocycles. The highest BCUT2D eigenvalue weighted by molar-refractivity contribution is 6.34. The summed E-state index contributed by atoms with van der Waals surface area (Å²) >= 11 is 6.14. The van der Waals surface area contributed by atoms with Gasteiger partial charge in [-0.15, -0.1) is 0 Å². The number of hydrogen-bond donors (Lipinski definition) is 1. The van der Waals surface area contributed by atoms with Crippen molar-refractivity contribution in [2.45, 2.75) is 6.92 Å². The first-order valence-electron chi connectivity index (χ1n) is 7.17. The van der Waals surface area contributed by atoms with Crippen LogP contribution in [0, 0.1) is 0 Å². The van der Waals surface area contributed by atoms with Gasteiger partial charge in [0.25, 0.3) is 5.91 Å². The molecule has 1 aromatic heterocycles. The molecule has 0 saturated heterocycles. The fourth-order valence-electron chi connectivity index (χ4n) is 2.31. The third-order valence-corrected chi connectivity index (χ3v) is 3.65. The highest BCUT2D eigenvalue weighted by Gasteiger charge is 2.14. The van der Waals surface area contributed by atoms with Gasteiger partial charge in [-0.25, -0.2) is 0 Å². The number of benzene rings is 2. The van der Waals surface area contributed by atoms with Crippen LogP contribution in [0.2, 0.25) is 5.02 Å². The Balaban J connectivity index is 1.88. The van der Waals surface area contributed by atoms with Gasteiger partial charge in [0.1, 0.15) is 11.4 Å². The summed E-state index contributed by atoms with van der Waals surface area (Å²) in [5.41, 5.74) is 0.723. The Kier molecular flexibility index (Phi) is 4.44. The van der Waals surface area contributed by atoms with Crippen molar-refractivity contribution >= 4 is 39.9 Å². The highest BCUT2D eigenvalue weighted by Crippen LogP contribution is 2.28. The van der Waals surface area contributed by atoms with Crippen LogP contribution in [0.5, 0.6) is 5.75 Å². The number of anilines is 1. The number of hydrogen-bond acceptors (Lipinski definition) is 4. The fraction of sp³-hybridized carbons (Fsp3) is 0.0556. The minimum atomic E-state index is -0.442. The van der Waals surface area contributed by atoms with Gasteiger partial charge in [-0.3, -0.25) is 14.6 Å². The molecular weight excluding hydrogens is 328 g/mol. The second-order valence-corrected chi connectivity index (χ2v) is 5.48. The highest BCUT2D eigenvalue weighted by atomic mass is 35.5. The van der Waals surface area contributed by atoms with Crippen molar-refractivity contribution in [3.05, 3.63) is 65.4 Å². The molecule has 0 spiro atoms. The van der Waals surface area contributed by atoms with Crippen molar-refractivity contribution in [1.29, 1.82) is 0 Å². The van der Waals surface area contributed by atoms with Gasteiger partial charge >= 0.3 is 5.97 Å². The zero-order valence-corrected chi connectivity index (χ0v) is 13.5. The number of amides is 1. The predicted octanol–water partition coefficient (Wildman–Crippen LogP) is 4.07. The summed E-state index contributed by atoms with van der Waals surface area (Å²) in [5.74, 6) is -0.495. The summed E-state index contributed by atoms with van der Waals surface area (Å²) < 4.78 is 4.95. The van der Waals surface area contributed by atoms with Crippen molar-refractivity contribution in [3.63, 3.8) is 0 Å². The number of aromatic nitrogens is 1. The molecule has 6 heteroatoms. The van der Waals surface area contributed by atoms with E-state index < -0.39 is 5.97 Å². The van der Waals surface area contributed by atoms with Gasteiger partial charge < -0.3 is 10.1 Å². The van der Waals surface area contributed by atoms with E-state index in [1.54, 1.807) is 18.3 Å². The van der Waals surface area contributed by atoms with Gasteiger partial charge in [-0.2, -0.15) is 0 Å². The number of esters is 1. The first-order chi connectivity index (χ1) is 11.5. The van der Waals surface area contributed by atoms with Crippen LogP contribution in [0.4, 0.5) is 5.69 Å². The van der Waals surface area contributed by atoms with E-state index in [-0.39, 0.29) is 10.9 Å². The minimum Gasteiger partial charge on any atom is -0.427 e. The number of fused-ring (bicyclic) bond motifs is 1. The third-order valence-electron chi connectivity index (χ3n) is 3.34. The average molecular weight is 341 g/mol. The van der Waals surface area contributed by atoms with E-state index >= 15 is 0 Å². The van der Waals surface area contributed by atoms with Crippen LogP contribution >= 0.6 is 11.6 Å². The molecule has 0 aliphatic heterocycles. The summed E-state index contributed by atoms with van der Waals surface area (Å²) in [5, 5.41) is 4.67. The molecule has 0 aliphatic rings. The van der Waals surface area contributed by atoms with Crippen molar-refractivity contribution in [2.75, 3.05) is 5.32 Å². The van der Waals surface area contributed by atoms with Crippen LogP contribution in [0.3, 0.4) is 0 Å². The normalized spacial score (nSPS) is 10.4. The summed E-state index contributed by atoms with van der Waals surface area (Å²) in [4.78, 5) is 27.6. The monoisotopic (exact) mass is 340 g/mol. The number of ether oxygens (including phenoxy) is 1. The summed E-state index contributed by atoms with van der Waals surface area (Å²) in [7, 11) is 0. The molecule has 1 heterocycles. The van der Waals surface area contributed by atoms with Crippen molar-refractivity contribution in [3.8, 4) is 5.75 Å². The van der Waals surface area contributed by atoms with Crippen molar-refractivity contribution in [1.82, 2.24) is 4.98 Å². The molecular formula is C18H13ClN2O3. The van der Waals surface area contributed by atoms with E-state index in [2.05, 4.69) is 10.3 Å². The van der Waals surface area contributed by atoms with E-state index in [1.165, 1.54) is 13.0 Å². The van der Waals surface area contributed by atoms with E-state index in [1.807, 2.05) is 30.3 Å². The molecule has 0 unspecified atom stereocenters. The fourth-order valence-corrected chi connectivity index (χ4v) is 2.53. The number of rotatable bonds is 3. The van der Waals surface area contributed by atoms with Crippen molar-refractivity contribution < 1.29 is 14.3 Å². The van der Waals surface area contributed by atoms with E-state index in [0.29, 0.717) is 17.1 Å². The number of carbonyl (C=O) groups is 2. The second-order valence-electron chi connectivity index (χ2n) is 5.07. The quantitative estimate of drug-likeness (QED) is 0.576. The van der Waals surface area contributed by atoms with E-state index in [4.69, 9.17) is 16.3 Å². The van der Waals surface area contributed by atoms with Gasteiger partial charge in [0.2, 0.25) is 0 Å². The average Bonchev–Trinajstić information content (AvgIpc) is 2.56. The first-order valence-corrected chi connectivity index (χ1v) is 7.55. The maximum absolute atomic E-state index is 12.5. The van der Waals surface area contributed by atoms with Crippen LogP contribution in [-0.4, -0.2) is 16.9 Å². The largest absolute Gasteiger partial charge is 0.427 e. The van der Waals surface area contributed by atoms with Crippen LogP contribution in [0.1, 0.15) is 17.4 Å². The predicted molar refractivity (Wildman–Crippen MR) is 92.5 cm³/mol. The van der Waals surface area contributed by atoms with Crippen LogP contribution in [0.15, 0.2) is 54.7 Å². The van der Waals surface area contributed by atoms with Gasteiger partial charge in [0.05, 0.1) is 10.7 Å². The van der Waals surface area contributed by atoms with Gasteiger partial charge in [-0.05, 0) is 23.6 Å². The maximum Gasteiger partial charge on any atom is 0.308 e. The molecule has 0 aliphatic carbocycles. The van der Waals surface area contributed by atoms with Gasteiger partial charge in [-0.1, -0.05) is 35.9 Å². The SMILES string of the molecule is CC(=O)Oc1ccc(NC(=O)c2nccc3ccccc23)c(Cl)c1. The lowest BCUT2D eigenvalue weighted by Gasteiger charge is -2.10. The zero-order chi connectivity index (χ0) is 17.1. The van der Waals surface area contributed by atoms with Crippen LogP contribution in [-0.2, 0) is 4.79 Å². The second kappa shape index (κ2) is 6.68. The molecule has 3 rings (SSSR count). The molecule has 2 aromatic carbocycles. The number of halogens is 1. The van der Waals surface area contributed by atoms with Crippen molar-refractivity contribution in [2.24, 2.45) is 0 Å². The molecule has 0 radical (unpaired) electrons. The Hall–Kier alpha value is -2.92. The molecule has 0 atom stereocenters. The lowest BCUT2D eigenvalue weighted by atomic mass is 10.1. The Labute approximate surface area is 143 Å². The third kappa shape index (κ3) is 3.36. The molecule has 120 valence electrons. The molecule has 0 fully saturated rings. The molecule has 5 nitrogen and oxygen atoms in total. The Bertz CT molecular complexity index is 935. The topological polar surface area (TPSA) is 68.3 Å². The standard InChI is InChI=1S/C18H13ClN2O3/c1-11(22)24-13-6-7-16(15(19)10-13)21-18(23)17-14-5-3-2-4-12(14)8-9-20-17/h2-10H,1H3,(H,21,23). The Morgan fingerprint density at radius 2 is 1.92 bits per heavy atom.